The van der Waals surface area contributed by atoms with E-state index in [1.54, 1.807) is 0 Å². The van der Waals surface area contributed by atoms with Crippen LogP contribution in [0, 0.1) is 5.82 Å². The molecule has 6 heteroatoms. The molecule has 0 heterocycles. The Morgan fingerprint density at radius 3 is 2.05 bits per heavy atom. The summed E-state index contributed by atoms with van der Waals surface area (Å²) in [4.78, 5) is 18.2. The molecule has 1 aliphatic rings. The molecule has 1 fully saturated rings. The first-order valence-electron chi connectivity index (χ1n) is 6.43. The predicted octanol–water partition coefficient (Wildman–Crippen LogP) is 2.01. The van der Waals surface area contributed by atoms with Crippen molar-refractivity contribution in [2.24, 2.45) is 0 Å². The molecule has 0 unspecified atom stereocenters. The zero-order valence-corrected chi connectivity index (χ0v) is 11.0. The van der Waals surface area contributed by atoms with Crippen molar-refractivity contribution in [3.63, 3.8) is 0 Å². The van der Waals surface area contributed by atoms with Crippen LogP contribution in [-0.4, -0.2) is 28.2 Å². The minimum atomic E-state index is -1.82. The smallest absolute Gasteiger partial charge is 0.414 e. The Morgan fingerprint density at radius 1 is 1.10 bits per heavy atom. The van der Waals surface area contributed by atoms with E-state index in [0.717, 1.165) is 6.54 Å². The Labute approximate surface area is 116 Å². The molecule has 3 N–H and O–H groups in total. The Bertz CT molecular complexity index is 429. The van der Waals surface area contributed by atoms with Crippen molar-refractivity contribution in [1.29, 1.82) is 0 Å². The molecule has 110 valence electrons. The number of hydrogen-bond donors (Lipinski definition) is 3. The van der Waals surface area contributed by atoms with Gasteiger partial charge in [-0.25, -0.2) is 14.0 Å². The molecule has 2 rings (SSSR count). The highest BCUT2D eigenvalue weighted by Crippen LogP contribution is 2.18. The highest BCUT2D eigenvalue weighted by molar-refractivity contribution is 6.27. The fraction of sp³-hybridized carbons (Fsp3) is 0.429. The van der Waals surface area contributed by atoms with Crippen LogP contribution < -0.4 is 5.32 Å². The summed E-state index contributed by atoms with van der Waals surface area (Å²) in [7, 11) is 0. The molecule has 1 saturated carbocycles. The van der Waals surface area contributed by atoms with Crippen LogP contribution in [0.5, 0.6) is 0 Å². The second-order valence-electron chi connectivity index (χ2n) is 4.60. The summed E-state index contributed by atoms with van der Waals surface area (Å²) in [6.07, 6.45) is 5.28. The monoisotopic (exact) mass is 283 g/mol. The number of halogens is 1. The molecule has 0 radical (unpaired) electrons. The van der Waals surface area contributed by atoms with Gasteiger partial charge in [0.05, 0.1) is 0 Å². The number of carboxylic acids is 2. The summed E-state index contributed by atoms with van der Waals surface area (Å²) in [5.41, 5.74) is 1.17. The van der Waals surface area contributed by atoms with Crippen molar-refractivity contribution in [2.45, 2.75) is 38.3 Å². The van der Waals surface area contributed by atoms with E-state index in [9.17, 15) is 4.39 Å². The van der Waals surface area contributed by atoms with E-state index < -0.39 is 11.9 Å². The third-order valence-corrected chi connectivity index (χ3v) is 3.05. The molecule has 5 nitrogen and oxygen atoms in total. The van der Waals surface area contributed by atoms with Crippen LogP contribution in [0.2, 0.25) is 0 Å². The summed E-state index contributed by atoms with van der Waals surface area (Å²) in [5, 5.41) is 18.3. The van der Waals surface area contributed by atoms with Crippen molar-refractivity contribution >= 4 is 11.9 Å². The molecule has 0 aromatic heterocycles. The largest absolute Gasteiger partial charge is 0.473 e. The average Bonchev–Trinajstić information content (AvgIpc) is 2.92. The van der Waals surface area contributed by atoms with Crippen LogP contribution >= 0.6 is 0 Å². The van der Waals surface area contributed by atoms with Gasteiger partial charge in [-0.05, 0) is 30.5 Å². The fourth-order valence-electron chi connectivity index (χ4n) is 1.99. The Hall–Kier alpha value is -1.95. The van der Waals surface area contributed by atoms with Crippen molar-refractivity contribution < 1.29 is 24.2 Å². The van der Waals surface area contributed by atoms with Crippen molar-refractivity contribution in [3.8, 4) is 0 Å². The van der Waals surface area contributed by atoms with Crippen LogP contribution in [0.25, 0.3) is 0 Å². The van der Waals surface area contributed by atoms with Gasteiger partial charge >= 0.3 is 11.9 Å². The van der Waals surface area contributed by atoms with Gasteiger partial charge in [0, 0.05) is 12.6 Å². The van der Waals surface area contributed by atoms with Crippen LogP contribution in [0.4, 0.5) is 4.39 Å². The zero-order valence-electron chi connectivity index (χ0n) is 11.0. The predicted molar refractivity (Wildman–Crippen MR) is 70.8 cm³/mol. The lowest BCUT2D eigenvalue weighted by atomic mass is 10.2. The number of aliphatic carboxylic acids is 2. The minimum Gasteiger partial charge on any atom is -0.473 e. The number of nitrogens with one attached hydrogen (secondary N) is 1. The van der Waals surface area contributed by atoms with Gasteiger partial charge in [-0.2, -0.15) is 0 Å². The standard InChI is InChI=1S/C12H16FN.C2H2O4/c13-11-7-5-10(6-8-11)9-14-12-3-1-2-4-12;3-1(4)2(5)6/h5-8,12,14H,1-4,9H2;(H,3,4)(H,5,6). The summed E-state index contributed by atoms with van der Waals surface area (Å²) >= 11 is 0. The Balaban J connectivity index is 0.000000286. The van der Waals surface area contributed by atoms with Gasteiger partial charge in [0.1, 0.15) is 5.82 Å². The first-order chi connectivity index (χ1) is 9.49. The highest BCUT2D eigenvalue weighted by Gasteiger charge is 2.13. The maximum Gasteiger partial charge on any atom is 0.414 e. The van der Waals surface area contributed by atoms with Gasteiger partial charge in [-0.1, -0.05) is 25.0 Å². The second-order valence-corrected chi connectivity index (χ2v) is 4.60. The topological polar surface area (TPSA) is 86.6 Å². The van der Waals surface area contributed by atoms with Crippen LogP contribution in [0.3, 0.4) is 0 Å². The lowest BCUT2D eigenvalue weighted by molar-refractivity contribution is -0.159. The van der Waals surface area contributed by atoms with Gasteiger partial charge in [0.2, 0.25) is 0 Å². The van der Waals surface area contributed by atoms with E-state index in [4.69, 9.17) is 19.8 Å². The van der Waals surface area contributed by atoms with E-state index in [1.807, 2.05) is 12.1 Å². The fourth-order valence-corrected chi connectivity index (χ4v) is 1.99. The normalized spacial score (nSPS) is 14.4. The molecule has 0 bridgehead atoms. The van der Waals surface area contributed by atoms with Crippen LogP contribution in [-0.2, 0) is 16.1 Å². The third-order valence-electron chi connectivity index (χ3n) is 3.05. The summed E-state index contributed by atoms with van der Waals surface area (Å²) in [6.45, 7) is 0.866. The van der Waals surface area contributed by atoms with Crippen LogP contribution in [0.15, 0.2) is 24.3 Å². The number of carbonyl (C=O) groups is 2. The summed E-state index contributed by atoms with van der Waals surface area (Å²) in [5.74, 6) is -3.81. The van der Waals surface area contributed by atoms with Crippen molar-refractivity contribution in [3.05, 3.63) is 35.6 Å². The lowest BCUT2D eigenvalue weighted by Gasteiger charge is -2.11. The summed E-state index contributed by atoms with van der Waals surface area (Å²) in [6, 6.07) is 7.41. The maximum atomic E-state index is 12.6. The van der Waals surface area contributed by atoms with E-state index in [2.05, 4.69) is 5.32 Å². The Kier molecular flexibility index (Phi) is 6.66. The second kappa shape index (κ2) is 8.27. The first kappa shape index (κ1) is 16.1. The maximum absolute atomic E-state index is 12.6. The highest BCUT2D eigenvalue weighted by atomic mass is 19.1. The molecule has 1 aromatic rings. The molecular formula is C14H18FNO4. The Morgan fingerprint density at radius 2 is 1.60 bits per heavy atom. The van der Waals surface area contributed by atoms with Gasteiger partial charge in [0.25, 0.3) is 0 Å². The molecule has 20 heavy (non-hydrogen) atoms. The molecule has 0 amide bonds. The molecule has 0 aliphatic heterocycles. The number of carboxylic acid groups (broad SMARTS) is 2. The van der Waals surface area contributed by atoms with Crippen molar-refractivity contribution in [2.75, 3.05) is 0 Å². The average molecular weight is 283 g/mol. The van der Waals surface area contributed by atoms with E-state index >= 15 is 0 Å². The minimum absolute atomic E-state index is 0.158. The van der Waals surface area contributed by atoms with Crippen LogP contribution in [0.1, 0.15) is 31.2 Å². The molecule has 1 aliphatic carbocycles. The van der Waals surface area contributed by atoms with E-state index in [-0.39, 0.29) is 5.82 Å². The summed E-state index contributed by atoms with van der Waals surface area (Å²) < 4.78 is 12.6. The van der Waals surface area contributed by atoms with Gasteiger partial charge in [-0.15, -0.1) is 0 Å². The molecular weight excluding hydrogens is 265 g/mol. The first-order valence-corrected chi connectivity index (χ1v) is 6.43. The molecule has 0 atom stereocenters. The SMILES string of the molecule is Fc1ccc(CNC2CCCC2)cc1.O=C(O)C(=O)O. The number of rotatable bonds is 3. The van der Waals surface area contributed by atoms with E-state index in [1.165, 1.54) is 43.4 Å². The number of hydrogen-bond acceptors (Lipinski definition) is 3. The lowest BCUT2D eigenvalue weighted by Crippen LogP contribution is -2.25. The molecule has 0 spiro atoms. The zero-order chi connectivity index (χ0) is 15.0. The molecule has 1 aromatic carbocycles. The van der Waals surface area contributed by atoms with Gasteiger partial charge in [0.15, 0.2) is 0 Å². The quantitative estimate of drug-likeness (QED) is 0.739. The van der Waals surface area contributed by atoms with Gasteiger partial charge < -0.3 is 15.5 Å². The van der Waals surface area contributed by atoms with Gasteiger partial charge in [-0.3, -0.25) is 0 Å². The van der Waals surface area contributed by atoms with Crippen molar-refractivity contribution in [1.82, 2.24) is 5.32 Å². The number of benzene rings is 1. The van der Waals surface area contributed by atoms with E-state index in [0.29, 0.717) is 6.04 Å². The third kappa shape index (κ3) is 6.29. The molecule has 0 saturated heterocycles.